The minimum Gasteiger partial charge on any atom is -0.493 e. The van der Waals surface area contributed by atoms with Crippen molar-refractivity contribution in [2.45, 2.75) is 6.92 Å². The van der Waals surface area contributed by atoms with Crippen molar-refractivity contribution in [3.05, 3.63) is 48.2 Å². The van der Waals surface area contributed by atoms with Crippen LogP contribution in [0.1, 0.15) is 12.7 Å². The predicted molar refractivity (Wildman–Crippen MR) is 114 cm³/mol. The van der Waals surface area contributed by atoms with Gasteiger partial charge in [0.05, 0.1) is 21.3 Å². The highest BCUT2D eigenvalue weighted by atomic mass is 32.1. The molecule has 0 aliphatic rings. The summed E-state index contributed by atoms with van der Waals surface area (Å²) in [4.78, 5) is 0. The van der Waals surface area contributed by atoms with Gasteiger partial charge in [-0.25, -0.2) is 0 Å². The van der Waals surface area contributed by atoms with Crippen molar-refractivity contribution < 1.29 is 18.6 Å². The number of methoxy groups -OCH3 is 3. The van der Waals surface area contributed by atoms with Crippen molar-refractivity contribution in [2.75, 3.05) is 26.6 Å². The lowest BCUT2D eigenvalue weighted by Crippen LogP contribution is -2.24. The summed E-state index contributed by atoms with van der Waals surface area (Å²) in [5, 5.41) is 8.61. The van der Waals surface area contributed by atoms with E-state index in [0.717, 1.165) is 11.1 Å². The van der Waals surface area contributed by atoms with E-state index in [1.165, 1.54) is 0 Å². The summed E-state index contributed by atoms with van der Waals surface area (Å²) in [5.74, 6) is 2.54. The van der Waals surface area contributed by atoms with Crippen molar-refractivity contribution in [3.63, 3.8) is 0 Å². The van der Waals surface area contributed by atoms with Crippen LogP contribution in [0.25, 0.3) is 11.0 Å². The van der Waals surface area contributed by atoms with Gasteiger partial charge in [-0.1, -0.05) is 12.1 Å². The average molecular weight is 399 g/mol. The Balaban J connectivity index is 1.70. The molecule has 2 aromatic carbocycles. The summed E-state index contributed by atoms with van der Waals surface area (Å²) in [6.45, 7) is 1.83. The Morgan fingerprint density at radius 3 is 2.43 bits per heavy atom. The molecule has 0 unspecified atom stereocenters. The number of para-hydroxylation sites is 1. The van der Waals surface area contributed by atoms with E-state index in [1.807, 2.05) is 37.3 Å². The van der Waals surface area contributed by atoms with Crippen molar-refractivity contribution in [2.24, 2.45) is 5.10 Å². The quantitative estimate of drug-likeness (QED) is 0.366. The molecule has 8 heteroatoms. The lowest BCUT2D eigenvalue weighted by Gasteiger charge is -2.11. The van der Waals surface area contributed by atoms with Crippen LogP contribution in [-0.2, 0) is 0 Å². The Kier molecular flexibility index (Phi) is 6.00. The smallest absolute Gasteiger partial charge is 0.191 e. The number of benzene rings is 2. The largest absolute Gasteiger partial charge is 0.493 e. The number of rotatable bonds is 6. The third-order valence-electron chi connectivity index (χ3n) is 4.05. The number of furan rings is 1. The maximum absolute atomic E-state index is 5.87. The standard InChI is InChI=1S/C20H21N3O4S/c1-12(17-10-13-6-5-7-16(25-3)19(13)27-17)22-23-20(28)21-14-8-9-15(24-2)18(11-14)26-4/h5-11H,1-4H3,(H2,21,23,28)/b22-12-. The SMILES string of the molecule is COc1ccc(NC(=S)N/N=C(/C)c2cc3cccc(OC)c3o2)cc1OC. The van der Waals surface area contributed by atoms with Gasteiger partial charge in [0, 0.05) is 17.1 Å². The molecule has 2 N–H and O–H groups in total. The van der Waals surface area contributed by atoms with Gasteiger partial charge < -0.3 is 23.9 Å². The van der Waals surface area contributed by atoms with E-state index in [0.29, 0.717) is 39.4 Å². The highest BCUT2D eigenvalue weighted by Gasteiger charge is 2.11. The zero-order chi connectivity index (χ0) is 20.1. The summed E-state index contributed by atoms with van der Waals surface area (Å²) in [6, 6.07) is 13.0. The molecule has 0 saturated heterocycles. The van der Waals surface area contributed by atoms with Gasteiger partial charge in [0.2, 0.25) is 0 Å². The lowest BCUT2D eigenvalue weighted by molar-refractivity contribution is 0.355. The molecule has 7 nitrogen and oxygen atoms in total. The Hall–Kier alpha value is -3.26. The number of anilines is 1. The highest BCUT2D eigenvalue weighted by Crippen LogP contribution is 2.30. The lowest BCUT2D eigenvalue weighted by atomic mass is 10.2. The van der Waals surface area contributed by atoms with E-state index in [1.54, 1.807) is 33.5 Å². The van der Waals surface area contributed by atoms with Crippen LogP contribution >= 0.6 is 12.2 Å². The number of nitrogens with zero attached hydrogens (tertiary/aromatic N) is 1. The van der Waals surface area contributed by atoms with E-state index in [-0.39, 0.29) is 0 Å². The summed E-state index contributed by atoms with van der Waals surface area (Å²) < 4.78 is 21.7. The Labute approximate surface area is 168 Å². The number of nitrogens with one attached hydrogen (secondary N) is 2. The molecular weight excluding hydrogens is 378 g/mol. The molecule has 1 heterocycles. The van der Waals surface area contributed by atoms with E-state index in [2.05, 4.69) is 15.8 Å². The zero-order valence-electron chi connectivity index (χ0n) is 16.0. The van der Waals surface area contributed by atoms with Crippen LogP contribution in [0.2, 0.25) is 0 Å². The molecule has 0 fully saturated rings. The second-order valence-electron chi connectivity index (χ2n) is 5.82. The topological polar surface area (TPSA) is 77.2 Å². The predicted octanol–water partition coefficient (Wildman–Crippen LogP) is 4.17. The first-order valence-corrected chi connectivity index (χ1v) is 8.86. The summed E-state index contributed by atoms with van der Waals surface area (Å²) in [7, 11) is 4.77. The molecule has 0 bridgehead atoms. The number of thiocarbonyl (C=S) groups is 1. The van der Waals surface area contributed by atoms with Crippen molar-refractivity contribution >= 4 is 39.7 Å². The molecule has 3 rings (SSSR count). The van der Waals surface area contributed by atoms with Crippen LogP contribution < -0.4 is 25.0 Å². The van der Waals surface area contributed by atoms with Gasteiger partial charge in [-0.15, -0.1) is 0 Å². The van der Waals surface area contributed by atoms with Crippen LogP contribution in [0, 0.1) is 0 Å². The molecule has 0 atom stereocenters. The number of hydrazone groups is 1. The fourth-order valence-corrected chi connectivity index (χ4v) is 2.80. The normalized spacial score (nSPS) is 11.2. The van der Waals surface area contributed by atoms with Crippen molar-refractivity contribution in [1.29, 1.82) is 0 Å². The molecule has 0 aliphatic carbocycles. The Bertz CT molecular complexity index is 1030. The number of hydrogen-bond donors (Lipinski definition) is 2. The van der Waals surface area contributed by atoms with Gasteiger partial charge in [-0.2, -0.15) is 5.10 Å². The first kappa shape index (κ1) is 19.5. The molecule has 0 spiro atoms. The maximum atomic E-state index is 5.87. The molecule has 146 valence electrons. The molecule has 0 amide bonds. The first-order chi connectivity index (χ1) is 13.5. The molecule has 28 heavy (non-hydrogen) atoms. The van der Waals surface area contributed by atoms with Gasteiger partial charge in [0.1, 0.15) is 5.71 Å². The van der Waals surface area contributed by atoms with Crippen LogP contribution in [0.4, 0.5) is 5.69 Å². The number of hydrogen-bond acceptors (Lipinski definition) is 6. The highest BCUT2D eigenvalue weighted by molar-refractivity contribution is 7.80. The van der Waals surface area contributed by atoms with Crippen LogP contribution in [0.5, 0.6) is 17.2 Å². The van der Waals surface area contributed by atoms with E-state index < -0.39 is 0 Å². The molecule has 0 aliphatic heterocycles. The summed E-state index contributed by atoms with van der Waals surface area (Å²) in [6.07, 6.45) is 0. The monoisotopic (exact) mass is 399 g/mol. The minimum atomic E-state index is 0.334. The fourth-order valence-electron chi connectivity index (χ4n) is 2.64. The maximum Gasteiger partial charge on any atom is 0.191 e. The average Bonchev–Trinajstić information content (AvgIpc) is 3.16. The van der Waals surface area contributed by atoms with Crippen LogP contribution in [-0.4, -0.2) is 32.2 Å². The van der Waals surface area contributed by atoms with Crippen LogP contribution in [0.15, 0.2) is 52.0 Å². The van der Waals surface area contributed by atoms with E-state index in [9.17, 15) is 0 Å². The van der Waals surface area contributed by atoms with E-state index in [4.69, 9.17) is 30.8 Å². The summed E-state index contributed by atoms with van der Waals surface area (Å²) in [5.41, 5.74) is 4.89. The fraction of sp³-hybridized carbons (Fsp3) is 0.200. The van der Waals surface area contributed by atoms with Crippen molar-refractivity contribution in [1.82, 2.24) is 5.43 Å². The Morgan fingerprint density at radius 1 is 0.964 bits per heavy atom. The third-order valence-corrected chi connectivity index (χ3v) is 4.24. The molecule has 0 saturated carbocycles. The third kappa shape index (κ3) is 4.17. The second-order valence-corrected chi connectivity index (χ2v) is 6.23. The van der Waals surface area contributed by atoms with Crippen molar-refractivity contribution in [3.8, 4) is 17.2 Å². The van der Waals surface area contributed by atoms with Gasteiger partial charge in [-0.3, -0.25) is 5.43 Å². The van der Waals surface area contributed by atoms with Gasteiger partial charge >= 0.3 is 0 Å². The molecule has 3 aromatic rings. The Morgan fingerprint density at radius 2 is 1.71 bits per heavy atom. The van der Waals surface area contributed by atoms with Gasteiger partial charge in [0.15, 0.2) is 33.7 Å². The minimum absolute atomic E-state index is 0.334. The molecule has 1 aromatic heterocycles. The van der Waals surface area contributed by atoms with Crippen LogP contribution in [0.3, 0.4) is 0 Å². The number of fused-ring (bicyclic) bond motifs is 1. The zero-order valence-corrected chi connectivity index (χ0v) is 16.8. The van der Waals surface area contributed by atoms with E-state index >= 15 is 0 Å². The molecular formula is C20H21N3O4S. The summed E-state index contributed by atoms with van der Waals surface area (Å²) >= 11 is 5.30. The second kappa shape index (κ2) is 8.62. The van der Waals surface area contributed by atoms with Gasteiger partial charge in [-0.05, 0) is 43.4 Å². The number of ether oxygens (including phenoxy) is 3. The van der Waals surface area contributed by atoms with Gasteiger partial charge in [0.25, 0.3) is 0 Å². The molecule has 0 radical (unpaired) electrons. The first-order valence-electron chi connectivity index (χ1n) is 8.46.